The molecule has 0 amide bonds. The minimum absolute atomic E-state index is 0.0854. The zero-order valence-electron chi connectivity index (χ0n) is 10.9. The third-order valence-corrected chi connectivity index (χ3v) is 4.11. The molecule has 1 aromatic rings. The molecule has 1 fully saturated rings. The lowest BCUT2D eigenvalue weighted by Crippen LogP contribution is -2.47. The molecule has 1 aliphatic carbocycles. The number of aliphatic hydroxyl groups excluding tert-OH is 1. The van der Waals surface area contributed by atoms with Crippen LogP contribution in [-0.4, -0.2) is 36.0 Å². The van der Waals surface area contributed by atoms with Crippen molar-refractivity contribution >= 4 is 5.78 Å². The lowest BCUT2D eigenvalue weighted by Gasteiger charge is -2.44. The SMILES string of the molecule is CN(CCO)C1(c2ccccc2)CCC(=O)CC1. The zero-order chi connectivity index (χ0) is 13.0. The maximum atomic E-state index is 11.5. The summed E-state index contributed by atoms with van der Waals surface area (Å²) in [5, 5.41) is 9.17. The number of likely N-dealkylation sites (N-methyl/N-ethyl adjacent to an activating group) is 1. The van der Waals surface area contributed by atoms with E-state index in [0.717, 1.165) is 12.8 Å². The number of benzene rings is 1. The molecular weight excluding hydrogens is 226 g/mol. The summed E-state index contributed by atoms with van der Waals surface area (Å²) >= 11 is 0. The lowest BCUT2D eigenvalue weighted by atomic mass is 9.75. The average molecular weight is 247 g/mol. The van der Waals surface area contributed by atoms with Gasteiger partial charge in [0.1, 0.15) is 5.78 Å². The van der Waals surface area contributed by atoms with Crippen molar-refractivity contribution in [3.63, 3.8) is 0 Å². The van der Waals surface area contributed by atoms with Gasteiger partial charge in [0.05, 0.1) is 6.61 Å². The maximum absolute atomic E-state index is 11.5. The molecule has 98 valence electrons. The van der Waals surface area contributed by atoms with E-state index < -0.39 is 0 Å². The van der Waals surface area contributed by atoms with Gasteiger partial charge in [-0.25, -0.2) is 0 Å². The van der Waals surface area contributed by atoms with Gasteiger partial charge in [-0.2, -0.15) is 0 Å². The fourth-order valence-electron chi connectivity index (χ4n) is 2.95. The van der Waals surface area contributed by atoms with Crippen molar-refractivity contribution in [2.75, 3.05) is 20.2 Å². The van der Waals surface area contributed by atoms with Crippen LogP contribution in [0.15, 0.2) is 30.3 Å². The van der Waals surface area contributed by atoms with E-state index in [2.05, 4.69) is 17.0 Å². The number of hydrogen-bond donors (Lipinski definition) is 1. The second-order valence-electron chi connectivity index (χ2n) is 5.08. The highest BCUT2D eigenvalue weighted by Gasteiger charge is 2.39. The van der Waals surface area contributed by atoms with Crippen LogP contribution < -0.4 is 0 Å². The van der Waals surface area contributed by atoms with Gasteiger partial charge in [-0.15, -0.1) is 0 Å². The number of hydrogen-bond acceptors (Lipinski definition) is 3. The van der Waals surface area contributed by atoms with E-state index in [1.54, 1.807) is 0 Å². The first kappa shape index (κ1) is 13.2. The van der Waals surface area contributed by atoms with Gasteiger partial charge < -0.3 is 5.11 Å². The Labute approximate surface area is 108 Å². The summed E-state index contributed by atoms with van der Waals surface area (Å²) in [6.07, 6.45) is 2.99. The highest BCUT2D eigenvalue weighted by atomic mass is 16.3. The zero-order valence-corrected chi connectivity index (χ0v) is 10.9. The number of carbonyl (C=O) groups excluding carboxylic acids is 1. The normalized spacial score (nSPS) is 19.2. The number of aliphatic hydroxyl groups is 1. The van der Waals surface area contributed by atoms with Crippen molar-refractivity contribution in [3.05, 3.63) is 35.9 Å². The molecule has 0 unspecified atom stereocenters. The molecular formula is C15H21NO2. The molecule has 0 spiro atoms. The molecule has 0 aliphatic heterocycles. The molecule has 1 N–H and O–H groups in total. The van der Waals surface area contributed by atoms with E-state index in [-0.39, 0.29) is 12.1 Å². The molecule has 18 heavy (non-hydrogen) atoms. The van der Waals surface area contributed by atoms with Crippen LogP contribution in [0.2, 0.25) is 0 Å². The van der Waals surface area contributed by atoms with E-state index in [9.17, 15) is 9.90 Å². The molecule has 0 aromatic heterocycles. The van der Waals surface area contributed by atoms with Gasteiger partial charge >= 0.3 is 0 Å². The quantitative estimate of drug-likeness (QED) is 0.884. The molecule has 0 atom stereocenters. The van der Waals surface area contributed by atoms with Crippen LogP contribution in [0.1, 0.15) is 31.2 Å². The standard InChI is InChI=1S/C15H21NO2/c1-16(11-12-17)15(9-7-14(18)8-10-15)13-5-3-2-4-6-13/h2-6,17H,7-12H2,1H3. The van der Waals surface area contributed by atoms with Crippen LogP contribution in [0, 0.1) is 0 Å². The van der Waals surface area contributed by atoms with Crippen LogP contribution in [0.3, 0.4) is 0 Å². The Morgan fingerprint density at radius 1 is 1.22 bits per heavy atom. The number of carbonyl (C=O) groups is 1. The summed E-state index contributed by atoms with van der Waals surface area (Å²) in [5.74, 6) is 0.360. The molecule has 1 aliphatic rings. The van der Waals surface area contributed by atoms with Crippen molar-refractivity contribution in [1.29, 1.82) is 0 Å². The van der Waals surface area contributed by atoms with E-state index in [0.29, 0.717) is 25.2 Å². The van der Waals surface area contributed by atoms with Crippen molar-refractivity contribution in [3.8, 4) is 0 Å². The molecule has 0 saturated heterocycles. The molecule has 1 saturated carbocycles. The van der Waals surface area contributed by atoms with E-state index >= 15 is 0 Å². The predicted molar refractivity (Wildman–Crippen MR) is 71.3 cm³/mol. The third kappa shape index (κ3) is 2.47. The van der Waals surface area contributed by atoms with Gasteiger partial charge in [0.2, 0.25) is 0 Å². The van der Waals surface area contributed by atoms with Crippen molar-refractivity contribution in [1.82, 2.24) is 4.90 Å². The Morgan fingerprint density at radius 3 is 2.39 bits per heavy atom. The predicted octanol–water partition coefficient (Wildman–Crippen LogP) is 1.95. The Hall–Kier alpha value is -1.19. The van der Waals surface area contributed by atoms with Crippen LogP contribution in [0.25, 0.3) is 0 Å². The minimum atomic E-state index is -0.0854. The topological polar surface area (TPSA) is 40.5 Å². The van der Waals surface area contributed by atoms with Crippen molar-refractivity contribution < 1.29 is 9.90 Å². The second kappa shape index (κ2) is 5.63. The lowest BCUT2D eigenvalue weighted by molar-refractivity contribution is -0.123. The number of ketones is 1. The molecule has 2 rings (SSSR count). The first-order valence-electron chi connectivity index (χ1n) is 6.58. The molecule has 1 aromatic carbocycles. The summed E-state index contributed by atoms with van der Waals surface area (Å²) in [6.45, 7) is 0.794. The van der Waals surface area contributed by atoms with Crippen LogP contribution in [0.4, 0.5) is 0 Å². The van der Waals surface area contributed by atoms with Crippen molar-refractivity contribution in [2.24, 2.45) is 0 Å². The van der Waals surface area contributed by atoms with Crippen LogP contribution in [0.5, 0.6) is 0 Å². The van der Waals surface area contributed by atoms with Crippen molar-refractivity contribution in [2.45, 2.75) is 31.2 Å². The van der Waals surface area contributed by atoms with E-state index in [1.807, 2.05) is 25.2 Å². The first-order chi connectivity index (χ1) is 8.69. The fraction of sp³-hybridized carbons (Fsp3) is 0.533. The Bertz CT molecular complexity index is 392. The van der Waals surface area contributed by atoms with E-state index in [1.165, 1.54) is 5.56 Å². The Morgan fingerprint density at radius 2 is 1.83 bits per heavy atom. The largest absolute Gasteiger partial charge is 0.395 e. The number of rotatable bonds is 4. The average Bonchev–Trinajstić information content (AvgIpc) is 2.41. The Balaban J connectivity index is 2.31. The van der Waals surface area contributed by atoms with E-state index in [4.69, 9.17) is 0 Å². The molecule has 0 bridgehead atoms. The first-order valence-corrected chi connectivity index (χ1v) is 6.58. The van der Waals surface area contributed by atoms with Crippen LogP contribution >= 0.6 is 0 Å². The summed E-state index contributed by atoms with van der Waals surface area (Å²) < 4.78 is 0. The highest BCUT2D eigenvalue weighted by Crippen LogP contribution is 2.40. The van der Waals surface area contributed by atoms with Gasteiger partial charge in [0.25, 0.3) is 0 Å². The van der Waals surface area contributed by atoms with Gasteiger partial charge in [0.15, 0.2) is 0 Å². The van der Waals surface area contributed by atoms with Gasteiger partial charge in [0, 0.05) is 24.9 Å². The second-order valence-corrected chi connectivity index (χ2v) is 5.08. The molecule has 3 nitrogen and oxygen atoms in total. The summed E-state index contributed by atoms with van der Waals surface area (Å²) in [5.41, 5.74) is 1.17. The summed E-state index contributed by atoms with van der Waals surface area (Å²) in [6, 6.07) is 10.4. The fourth-order valence-corrected chi connectivity index (χ4v) is 2.95. The maximum Gasteiger partial charge on any atom is 0.133 e. The number of nitrogens with zero attached hydrogens (tertiary/aromatic N) is 1. The van der Waals surface area contributed by atoms with Gasteiger partial charge in [-0.1, -0.05) is 30.3 Å². The monoisotopic (exact) mass is 247 g/mol. The third-order valence-electron chi connectivity index (χ3n) is 4.11. The number of Topliss-reactive ketones (excluding diaryl/α,β-unsaturated/α-hetero) is 1. The molecule has 3 heteroatoms. The summed E-state index contributed by atoms with van der Waals surface area (Å²) in [7, 11) is 2.04. The molecule has 0 radical (unpaired) electrons. The highest BCUT2D eigenvalue weighted by molar-refractivity contribution is 5.79. The van der Waals surface area contributed by atoms with Crippen LogP contribution in [-0.2, 0) is 10.3 Å². The van der Waals surface area contributed by atoms with Gasteiger partial charge in [-0.05, 0) is 25.5 Å². The Kier molecular flexibility index (Phi) is 4.15. The minimum Gasteiger partial charge on any atom is -0.395 e. The van der Waals surface area contributed by atoms with Gasteiger partial charge in [-0.3, -0.25) is 9.69 Å². The molecule has 0 heterocycles. The smallest absolute Gasteiger partial charge is 0.133 e. The summed E-state index contributed by atoms with van der Waals surface area (Å²) in [4.78, 5) is 13.7.